The maximum absolute atomic E-state index is 12.3. The first kappa shape index (κ1) is 15.2. The van der Waals surface area contributed by atoms with Crippen molar-refractivity contribution in [1.82, 2.24) is 15.0 Å². The third-order valence-corrected chi connectivity index (χ3v) is 4.34. The van der Waals surface area contributed by atoms with Crippen molar-refractivity contribution < 1.29 is 9.21 Å². The van der Waals surface area contributed by atoms with Crippen molar-refractivity contribution in [1.29, 1.82) is 0 Å². The Labute approximate surface area is 135 Å². The maximum Gasteiger partial charge on any atom is 0.262 e. The Morgan fingerprint density at radius 3 is 3.17 bits per heavy atom. The molecule has 1 amide bonds. The normalized spacial score (nSPS) is 11.3. The summed E-state index contributed by atoms with van der Waals surface area (Å²) in [6.45, 7) is 1.88. The number of thiophene rings is 1. The van der Waals surface area contributed by atoms with Gasteiger partial charge in [0.05, 0.1) is 24.2 Å². The zero-order chi connectivity index (χ0) is 16.2. The molecule has 0 aliphatic heterocycles. The van der Waals surface area contributed by atoms with E-state index in [1.54, 1.807) is 12.1 Å². The van der Waals surface area contributed by atoms with E-state index < -0.39 is 5.91 Å². The van der Waals surface area contributed by atoms with Crippen molar-refractivity contribution in [2.45, 2.75) is 19.9 Å². The number of fused-ring (bicyclic) bond motifs is 1. The van der Waals surface area contributed by atoms with Crippen LogP contribution in [-0.4, -0.2) is 21.7 Å². The molecule has 0 radical (unpaired) electrons. The second-order valence-electron chi connectivity index (χ2n) is 4.77. The van der Waals surface area contributed by atoms with Crippen LogP contribution in [-0.2, 0) is 17.8 Å². The number of amides is 1. The van der Waals surface area contributed by atoms with Gasteiger partial charge in [0.2, 0.25) is 0 Å². The summed E-state index contributed by atoms with van der Waals surface area (Å²) in [6, 6.07) is 5.26. The van der Waals surface area contributed by atoms with Crippen LogP contribution in [0.5, 0.6) is 0 Å². The summed E-state index contributed by atoms with van der Waals surface area (Å²) in [7, 11) is 0. The van der Waals surface area contributed by atoms with Gasteiger partial charge in [-0.1, -0.05) is 6.92 Å². The second kappa shape index (κ2) is 6.57. The molecule has 3 heterocycles. The first-order valence-corrected chi connectivity index (χ1v) is 7.82. The summed E-state index contributed by atoms with van der Waals surface area (Å²) in [5, 5.41) is 4.31. The van der Waals surface area contributed by atoms with Gasteiger partial charge in [0.25, 0.3) is 11.5 Å². The van der Waals surface area contributed by atoms with E-state index in [9.17, 15) is 9.59 Å². The van der Waals surface area contributed by atoms with E-state index in [-0.39, 0.29) is 12.1 Å². The molecule has 0 bridgehead atoms. The van der Waals surface area contributed by atoms with E-state index in [0.29, 0.717) is 16.0 Å². The molecule has 3 aromatic rings. The van der Waals surface area contributed by atoms with Gasteiger partial charge in [-0.25, -0.2) is 10.4 Å². The van der Waals surface area contributed by atoms with Gasteiger partial charge in [-0.3, -0.25) is 14.2 Å². The molecule has 118 valence electrons. The Morgan fingerprint density at radius 2 is 2.43 bits per heavy atom. The van der Waals surface area contributed by atoms with Crippen LogP contribution in [0.3, 0.4) is 0 Å². The van der Waals surface area contributed by atoms with Crippen LogP contribution in [0.15, 0.2) is 45.1 Å². The number of nitrogens with zero attached hydrogens (tertiary/aromatic N) is 3. The Hall–Kier alpha value is -2.74. The van der Waals surface area contributed by atoms with E-state index in [1.165, 1.54) is 34.7 Å². The Bertz CT molecular complexity index is 909. The van der Waals surface area contributed by atoms with E-state index in [2.05, 4.69) is 15.5 Å². The van der Waals surface area contributed by atoms with Gasteiger partial charge in [-0.2, -0.15) is 5.10 Å². The molecule has 0 aliphatic rings. The Balaban J connectivity index is 1.72. The molecule has 1 N–H and O–H groups in total. The lowest BCUT2D eigenvalue weighted by molar-refractivity contribution is -0.121. The molecule has 0 saturated carbocycles. The highest BCUT2D eigenvalue weighted by molar-refractivity contribution is 7.18. The molecule has 0 unspecified atom stereocenters. The third-order valence-electron chi connectivity index (χ3n) is 3.16. The number of carbonyl (C=O) groups is 1. The van der Waals surface area contributed by atoms with Crippen molar-refractivity contribution in [2.75, 3.05) is 0 Å². The fraction of sp³-hybridized carbons (Fsp3) is 0.200. The molecule has 0 aliphatic carbocycles. The van der Waals surface area contributed by atoms with Gasteiger partial charge < -0.3 is 4.42 Å². The standard InChI is InChI=1S/C15H14N4O3S/c1-2-11-6-12-14(23-11)16-9-19(15(12)21)8-13(20)18-17-7-10-4-3-5-22-10/h3-7,9H,2,8H2,1H3,(H,18,20)/b17-7-. The van der Waals surface area contributed by atoms with E-state index in [4.69, 9.17) is 4.42 Å². The first-order valence-electron chi connectivity index (χ1n) is 7.00. The van der Waals surface area contributed by atoms with Crippen molar-refractivity contribution in [2.24, 2.45) is 5.10 Å². The lowest BCUT2D eigenvalue weighted by Crippen LogP contribution is -2.29. The number of rotatable bonds is 5. The quantitative estimate of drug-likeness (QED) is 0.570. The topological polar surface area (TPSA) is 89.5 Å². The monoisotopic (exact) mass is 330 g/mol. The van der Waals surface area contributed by atoms with Crippen LogP contribution in [0.4, 0.5) is 0 Å². The highest BCUT2D eigenvalue weighted by atomic mass is 32.1. The minimum atomic E-state index is -0.415. The average Bonchev–Trinajstić information content (AvgIpc) is 3.19. The van der Waals surface area contributed by atoms with Gasteiger partial charge in [0.1, 0.15) is 17.1 Å². The molecule has 3 aromatic heterocycles. The highest BCUT2D eigenvalue weighted by Gasteiger charge is 2.10. The Kier molecular flexibility index (Phi) is 4.33. The Morgan fingerprint density at radius 1 is 1.57 bits per heavy atom. The van der Waals surface area contributed by atoms with Crippen molar-refractivity contribution in [3.8, 4) is 0 Å². The number of hydrogen-bond donors (Lipinski definition) is 1. The van der Waals surface area contributed by atoms with Crippen molar-refractivity contribution in [3.05, 3.63) is 51.8 Å². The molecule has 7 nitrogen and oxygen atoms in total. The number of carbonyl (C=O) groups excluding carboxylic acids is 1. The largest absolute Gasteiger partial charge is 0.463 e. The number of nitrogens with one attached hydrogen (secondary N) is 1. The number of hydrogen-bond acceptors (Lipinski definition) is 6. The minimum Gasteiger partial charge on any atom is -0.463 e. The smallest absolute Gasteiger partial charge is 0.262 e. The van der Waals surface area contributed by atoms with Crippen LogP contribution >= 0.6 is 11.3 Å². The molecule has 23 heavy (non-hydrogen) atoms. The molecule has 0 saturated heterocycles. The molecule has 0 spiro atoms. The summed E-state index contributed by atoms with van der Waals surface area (Å²) < 4.78 is 6.32. The van der Waals surface area contributed by atoms with Gasteiger partial charge in [0, 0.05) is 4.88 Å². The molecular formula is C15H14N4O3S. The van der Waals surface area contributed by atoms with Crippen LogP contribution in [0.1, 0.15) is 17.6 Å². The molecule has 3 rings (SSSR count). The maximum atomic E-state index is 12.3. The zero-order valence-corrected chi connectivity index (χ0v) is 13.2. The molecule has 0 fully saturated rings. The predicted octanol–water partition coefficient (Wildman–Crippen LogP) is 1.76. The third kappa shape index (κ3) is 3.37. The van der Waals surface area contributed by atoms with E-state index in [0.717, 1.165) is 11.3 Å². The first-order chi connectivity index (χ1) is 11.2. The minimum absolute atomic E-state index is 0.144. The fourth-order valence-corrected chi connectivity index (χ4v) is 2.94. The SMILES string of the molecule is CCc1cc2c(=O)n(CC(=O)N/N=C\c3ccco3)cnc2s1. The van der Waals surface area contributed by atoms with E-state index in [1.807, 2.05) is 13.0 Å². The second-order valence-corrected chi connectivity index (χ2v) is 5.89. The zero-order valence-electron chi connectivity index (χ0n) is 12.4. The van der Waals surface area contributed by atoms with Gasteiger partial charge in [0.15, 0.2) is 0 Å². The summed E-state index contributed by atoms with van der Waals surface area (Å²) in [6.07, 6.45) is 5.13. The lowest BCUT2D eigenvalue weighted by atomic mass is 10.3. The molecule has 8 heteroatoms. The summed E-state index contributed by atoms with van der Waals surface area (Å²) >= 11 is 1.49. The van der Waals surface area contributed by atoms with Gasteiger partial charge in [-0.15, -0.1) is 11.3 Å². The van der Waals surface area contributed by atoms with Crippen molar-refractivity contribution >= 4 is 33.7 Å². The van der Waals surface area contributed by atoms with Gasteiger partial charge in [-0.05, 0) is 24.6 Å². The highest BCUT2D eigenvalue weighted by Crippen LogP contribution is 2.20. The average molecular weight is 330 g/mol. The molecular weight excluding hydrogens is 316 g/mol. The summed E-state index contributed by atoms with van der Waals surface area (Å²) in [5.41, 5.74) is 2.12. The number of furan rings is 1. The molecule has 0 aromatic carbocycles. The summed E-state index contributed by atoms with van der Waals surface area (Å²) in [4.78, 5) is 30.2. The van der Waals surface area contributed by atoms with E-state index >= 15 is 0 Å². The van der Waals surface area contributed by atoms with Crippen molar-refractivity contribution in [3.63, 3.8) is 0 Å². The van der Waals surface area contributed by atoms with Crippen LogP contribution in [0.25, 0.3) is 10.2 Å². The van der Waals surface area contributed by atoms with Crippen LogP contribution in [0.2, 0.25) is 0 Å². The fourth-order valence-electron chi connectivity index (χ4n) is 2.02. The predicted molar refractivity (Wildman–Crippen MR) is 87.7 cm³/mol. The number of aryl methyl sites for hydroxylation is 1. The van der Waals surface area contributed by atoms with Crippen LogP contribution in [0, 0.1) is 0 Å². The summed E-state index contributed by atoms with van der Waals surface area (Å²) in [5.74, 6) is 0.109. The number of aromatic nitrogens is 2. The lowest BCUT2D eigenvalue weighted by Gasteiger charge is -2.03. The number of hydrazone groups is 1. The van der Waals surface area contributed by atoms with Gasteiger partial charge >= 0.3 is 0 Å². The molecule has 0 atom stereocenters. The van der Waals surface area contributed by atoms with Crippen LogP contribution < -0.4 is 11.0 Å².